The second-order valence-electron chi connectivity index (χ2n) is 3.16. The van der Waals surface area contributed by atoms with E-state index in [1.165, 1.54) is 0 Å². The molecule has 0 aliphatic carbocycles. The molecule has 0 atom stereocenters. The van der Waals surface area contributed by atoms with Crippen LogP contribution in [0.25, 0.3) is 12.2 Å². The largest absolute Gasteiger partial charge is 0.158 e. The minimum absolute atomic E-state index is 0.361. The summed E-state index contributed by atoms with van der Waals surface area (Å²) >= 11 is 0. The van der Waals surface area contributed by atoms with Crippen LogP contribution in [-0.4, -0.2) is 10.2 Å². The first-order chi connectivity index (χ1) is 6.20. The zero-order valence-corrected chi connectivity index (χ0v) is 8.12. The maximum atomic E-state index is 4.09. The minimum Gasteiger partial charge on any atom is -0.158 e. The molecule has 2 heteroatoms. The fourth-order valence-electron chi connectivity index (χ4n) is 1.24. The first-order valence-electron chi connectivity index (χ1n) is 4.31. The Morgan fingerprint density at radius 3 is 2.46 bits per heavy atom. The lowest BCUT2D eigenvalue weighted by Gasteiger charge is -2.09. The summed E-state index contributed by atoms with van der Waals surface area (Å²) in [6, 6.07) is 0. The molecule has 0 saturated carbocycles. The highest BCUT2D eigenvalue weighted by atomic mass is 15.1. The van der Waals surface area contributed by atoms with Crippen LogP contribution in [0, 0.1) is 0 Å². The zero-order chi connectivity index (χ0) is 9.84. The molecule has 1 heterocycles. The molecule has 1 aromatic heterocycles. The van der Waals surface area contributed by atoms with E-state index in [0.717, 1.165) is 16.8 Å². The highest BCUT2D eigenvalue weighted by Gasteiger charge is 2.08. The summed E-state index contributed by atoms with van der Waals surface area (Å²) in [6.45, 7) is 11.7. The Morgan fingerprint density at radius 1 is 1.31 bits per heavy atom. The Kier molecular flexibility index (Phi) is 2.96. The van der Waals surface area contributed by atoms with Crippen LogP contribution in [0.5, 0.6) is 0 Å². The van der Waals surface area contributed by atoms with Crippen molar-refractivity contribution in [1.82, 2.24) is 10.2 Å². The molecule has 0 saturated heterocycles. The van der Waals surface area contributed by atoms with Crippen LogP contribution in [0.2, 0.25) is 0 Å². The Balaban J connectivity index is 3.35. The lowest BCUT2D eigenvalue weighted by atomic mass is 10.0. The first-order valence-corrected chi connectivity index (χ1v) is 4.31. The van der Waals surface area contributed by atoms with Crippen molar-refractivity contribution in [2.45, 2.75) is 19.8 Å². The molecule has 68 valence electrons. The van der Waals surface area contributed by atoms with Crippen LogP contribution in [0.15, 0.2) is 19.4 Å². The monoisotopic (exact) mass is 174 g/mol. The second kappa shape index (κ2) is 3.99. The summed E-state index contributed by atoms with van der Waals surface area (Å²) < 4.78 is 0. The van der Waals surface area contributed by atoms with E-state index in [1.54, 1.807) is 18.3 Å². The Morgan fingerprint density at radius 2 is 2.00 bits per heavy atom. The van der Waals surface area contributed by atoms with Gasteiger partial charge in [0.15, 0.2) is 0 Å². The standard InChI is InChI=1S/C11H14N2/c1-5-9-7-12-13-11(8(3)4)10(9)6-2/h5-8H,1-2H2,3-4H3. The van der Waals surface area contributed by atoms with E-state index in [2.05, 4.69) is 37.2 Å². The second-order valence-corrected chi connectivity index (χ2v) is 3.16. The lowest BCUT2D eigenvalue weighted by molar-refractivity contribution is 0.781. The number of hydrogen-bond donors (Lipinski definition) is 0. The van der Waals surface area contributed by atoms with E-state index < -0.39 is 0 Å². The highest BCUT2D eigenvalue weighted by molar-refractivity contribution is 5.64. The topological polar surface area (TPSA) is 25.8 Å². The first kappa shape index (κ1) is 9.65. The summed E-state index contributed by atoms with van der Waals surface area (Å²) in [5, 5.41) is 8.00. The van der Waals surface area contributed by atoms with E-state index >= 15 is 0 Å². The van der Waals surface area contributed by atoms with Gasteiger partial charge >= 0.3 is 0 Å². The number of nitrogens with zero attached hydrogens (tertiary/aromatic N) is 2. The fourth-order valence-corrected chi connectivity index (χ4v) is 1.24. The van der Waals surface area contributed by atoms with Gasteiger partial charge in [0.2, 0.25) is 0 Å². The smallest absolute Gasteiger partial charge is 0.0734 e. The van der Waals surface area contributed by atoms with Gasteiger partial charge < -0.3 is 0 Å². The molecule has 1 aromatic rings. The van der Waals surface area contributed by atoms with Gasteiger partial charge in [-0.15, -0.1) is 0 Å². The molecule has 0 amide bonds. The molecule has 2 nitrogen and oxygen atoms in total. The van der Waals surface area contributed by atoms with Crippen molar-refractivity contribution in [3.8, 4) is 0 Å². The average molecular weight is 174 g/mol. The summed E-state index contributed by atoms with van der Waals surface area (Å²) in [7, 11) is 0. The van der Waals surface area contributed by atoms with Gasteiger partial charge in [-0.05, 0) is 5.92 Å². The van der Waals surface area contributed by atoms with Crippen molar-refractivity contribution in [3.05, 3.63) is 36.2 Å². The van der Waals surface area contributed by atoms with Gasteiger partial charge in [-0.25, -0.2) is 0 Å². The lowest BCUT2D eigenvalue weighted by Crippen LogP contribution is -2.00. The zero-order valence-electron chi connectivity index (χ0n) is 8.12. The summed E-state index contributed by atoms with van der Waals surface area (Å²) in [6.07, 6.45) is 5.29. The van der Waals surface area contributed by atoms with Crippen LogP contribution in [0.1, 0.15) is 36.6 Å². The molecule has 1 rings (SSSR count). The van der Waals surface area contributed by atoms with Crippen LogP contribution < -0.4 is 0 Å². The molecule has 0 spiro atoms. The third-order valence-corrected chi connectivity index (χ3v) is 1.92. The molecular formula is C11H14N2. The van der Waals surface area contributed by atoms with Gasteiger partial charge in [-0.2, -0.15) is 10.2 Å². The summed E-state index contributed by atoms with van der Waals surface area (Å²) in [4.78, 5) is 0. The van der Waals surface area contributed by atoms with Gasteiger partial charge in [0.1, 0.15) is 0 Å². The molecule has 0 N–H and O–H groups in total. The number of rotatable bonds is 3. The molecule has 0 unspecified atom stereocenters. The molecule has 0 fully saturated rings. The van der Waals surface area contributed by atoms with E-state index in [0.29, 0.717) is 5.92 Å². The van der Waals surface area contributed by atoms with Gasteiger partial charge in [-0.3, -0.25) is 0 Å². The molecule has 0 bridgehead atoms. The molecule has 13 heavy (non-hydrogen) atoms. The molecule has 0 aliphatic heterocycles. The van der Waals surface area contributed by atoms with Gasteiger partial charge in [-0.1, -0.05) is 39.2 Å². The number of aromatic nitrogens is 2. The third kappa shape index (κ3) is 1.83. The van der Waals surface area contributed by atoms with Crippen molar-refractivity contribution in [1.29, 1.82) is 0 Å². The van der Waals surface area contributed by atoms with Gasteiger partial charge in [0, 0.05) is 11.1 Å². The minimum atomic E-state index is 0.361. The van der Waals surface area contributed by atoms with Crippen LogP contribution >= 0.6 is 0 Å². The SMILES string of the molecule is C=Cc1cnnc(C(C)C)c1C=C. The molecule has 0 aliphatic rings. The van der Waals surface area contributed by atoms with Crippen molar-refractivity contribution in [2.75, 3.05) is 0 Å². The third-order valence-electron chi connectivity index (χ3n) is 1.92. The molecule has 0 radical (unpaired) electrons. The van der Waals surface area contributed by atoms with Gasteiger partial charge in [0.25, 0.3) is 0 Å². The Labute approximate surface area is 79.0 Å². The van der Waals surface area contributed by atoms with Crippen molar-refractivity contribution in [2.24, 2.45) is 0 Å². The van der Waals surface area contributed by atoms with E-state index in [1.807, 2.05) is 0 Å². The predicted octanol–water partition coefficient (Wildman–Crippen LogP) is 2.89. The maximum absolute atomic E-state index is 4.09. The normalized spacial score (nSPS) is 10.1. The van der Waals surface area contributed by atoms with Crippen molar-refractivity contribution < 1.29 is 0 Å². The quantitative estimate of drug-likeness (QED) is 0.704. The summed E-state index contributed by atoms with van der Waals surface area (Å²) in [5.41, 5.74) is 3.01. The highest BCUT2D eigenvalue weighted by Crippen LogP contribution is 2.20. The van der Waals surface area contributed by atoms with E-state index in [4.69, 9.17) is 0 Å². The van der Waals surface area contributed by atoms with Crippen LogP contribution in [0.3, 0.4) is 0 Å². The molecule has 0 aromatic carbocycles. The summed E-state index contributed by atoms with van der Waals surface area (Å²) in [5.74, 6) is 0.361. The van der Waals surface area contributed by atoms with Crippen LogP contribution in [0.4, 0.5) is 0 Å². The fraction of sp³-hybridized carbons (Fsp3) is 0.273. The van der Waals surface area contributed by atoms with Crippen LogP contribution in [-0.2, 0) is 0 Å². The van der Waals surface area contributed by atoms with Crippen molar-refractivity contribution >= 4 is 12.2 Å². The van der Waals surface area contributed by atoms with Crippen molar-refractivity contribution in [3.63, 3.8) is 0 Å². The maximum Gasteiger partial charge on any atom is 0.0734 e. The Hall–Kier alpha value is -1.44. The Bertz CT molecular complexity index is 327. The number of hydrogen-bond acceptors (Lipinski definition) is 2. The van der Waals surface area contributed by atoms with Gasteiger partial charge in [0.05, 0.1) is 11.9 Å². The predicted molar refractivity (Wildman–Crippen MR) is 56.3 cm³/mol. The van der Waals surface area contributed by atoms with E-state index in [9.17, 15) is 0 Å². The molecular weight excluding hydrogens is 160 g/mol. The average Bonchev–Trinajstić information content (AvgIpc) is 2.16. The van der Waals surface area contributed by atoms with E-state index in [-0.39, 0.29) is 0 Å².